The van der Waals surface area contributed by atoms with Crippen molar-refractivity contribution in [2.24, 2.45) is 0 Å². The minimum Gasteiger partial charge on any atom is -0.491 e. The van der Waals surface area contributed by atoms with E-state index < -0.39 is 0 Å². The molecule has 2 N–H and O–H groups in total. The molecule has 1 aromatic carbocycles. The molecule has 0 fully saturated rings. The number of ketones is 1. The van der Waals surface area contributed by atoms with Crippen molar-refractivity contribution in [3.05, 3.63) is 45.8 Å². The third-order valence-corrected chi connectivity index (χ3v) is 4.60. The fourth-order valence-electron chi connectivity index (χ4n) is 2.33. The van der Waals surface area contributed by atoms with Crippen LogP contribution in [0.25, 0.3) is 0 Å². The number of nitrogen functional groups attached to an aromatic ring is 1. The van der Waals surface area contributed by atoms with E-state index in [1.54, 1.807) is 45.3 Å². The summed E-state index contributed by atoms with van der Waals surface area (Å²) >= 11 is 1.15. The van der Waals surface area contributed by atoms with Gasteiger partial charge in [-0.25, -0.2) is 0 Å². The summed E-state index contributed by atoms with van der Waals surface area (Å²) in [4.78, 5) is 27.0. The maximum Gasteiger partial charge on any atom is 0.263 e. The largest absolute Gasteiger partial charge is 0.491 e. The van der Waals surface area contributed by atoms with Gasteiger partial charge in [0, 0.05) is 19.7 Å². The molecule has 128 valence electrons. The maximum absolute atomic E-state index is 12.8. The van der Waals surface area contributed by atoms with Crippen molar-refractivity contribution < 1.29 is 14.3 Å². The molecule has 24 heavy (non-hydrogen) atoms. The van der Waals surface area contributed by atoms with Crippen molar-refractivity contribution in [3.8, 4) is 5.75 Å². The first-order chi connectivity index (χ1) is 11.2. The van der Waals surface area contributed by atoms with E-state index in [1.165, 1.54) is 4.90 Å². The molecule has 6 heteroatoms. The van der Waals surface area contributed by atoms with Gasteiger partial charge in [-0.1, -0.05) is 0 Å². The van der Waals surface area contributed by atoms with Crippen molar-refractivity contribution >= 4 is 28.0 Å². The van der Waals surface area contributed by atoms with Gasteiger partial charge in [-0.2, -0.15) is 0 Å². The van der Waals surface area contributed by atoms with Crippen molar-refractivity contribution in [3.63, 3.8) is 0 Å². The van der Waals surface area contributed by atoms with Crippen LogP contribution in [-0.4, -0.2) is 36.8 Å². The molecule has 0 bridgehead atoms. The highest BCUT2D eigenvalue weighted by molar-refractivity contribution is 7.18. The molecule has 0 spiro atoms. The molecule has 1 amide bonds. The van der Waals surface area contributed by atoms with Gasteiger partial charge in [0.05, 0.1) is 21.5 Å². The maximum atomic E-state index is 12.8. The Kier molecular flexibility index (Phi) is 5.29. The summed E-state index contributed by atoms with van der Waals surface area (Å²) in [7, 11) is 3.35. The Balaban J connectivity index is 2.35. The average Bonchev–Trinajstić information content (AvgIpc) is 2.80. The topological polar surface area (TPSA) is 72.6 Å². The number of benzene rings is 1. The molecule has 0 aliphatic heterocycles. The summed E-state index contributed by atoms with van der Waals surface area (Å²) < 4.78 is 5.58. The summed E-state index contributed by atoms with van der Waals surface area (Å²) in [5.41, 5.74) is 7.57. The Morgan fingerprint density at radius 2 is 1.75 bits per heavy atom. The lowest BCUT2D eigenvalue weighted by Crippen LogP contribution is -2.21. The van der Waals surface area contributed by atoms with Crippen LogP contribution < -0.4 is 10.5 Å². The van der Waals surface area contributed by atoms with Crippen LogP contribution in [0, 0.1) is 6.92 Å². The molecular formula is C18H22N2O3S. The normalized spacial score (nSPS) is 10.8. The number of anilines is 1. The highest BCUT2D eigenvalue weighted by Crippen LogP contribution is 2.33. The SMILES string of the molecule is Cc1c(C(=O)N(C)C)sc(N)c1C(=O)c1ccc(OC(C)C)cc1. The zero-order chi connectivity index (χ0) is 18.0. The minimum absolute atomic E-state index is 0.0703. The number of rotatable bonds is 5. The van der Waals surface area contributed by atoms with E-state index in [-0.39, 0.29) is 17.8 Å². The molecule has 0 atom stereocenters. The predicted octanol–water partition coefficient (Wildman–Crippen LogP) is 3.36. The summed E-state index contributed by atoms with van der Waals surface area (Å²) in [6.07, 6.45) is 0.0703. The van der Waals surface area contributed by atoms with Gasteiger partial charge in [-0.3, -0.25) is 9.59 Å². The van der Waals surface area contributed by atoms with Crippen molar-refractivity contribution in [1.29, 1.82) is 0 Å². The van der Waals surface area contributed by atoms with Crippen molar-refractivity contribution in [1.82, 2.24) is 4.90 Å². The smallest absolute Gasteiger partial charge is 0.263 e. The van der Waals surface area contributed by atoms with Gasteiger partial charge in [0.2, 0.25) is 0 Å². The lowest BCUT2D eigenvalue weighted by Gasteiger charge is -2.10. The summed E-state index contributed by atoms with van der Waals surface area (Å²) in [5, 5.41) is 0.366. The first kappa shape index (κ1) is 18.0. The molecule has 0 unspecified atom stereocenters. The number of thiophene rings is 1. The fraction of sp³-hybridized carbons (Fsp3) is 0.333. The molecule has 0 radical (unpaired) electrons. The van der Waals surface area contributed by atoms with E-state index in [1.807, 2.05) is 13.8 Å². The van der Waals surface area contributed by atoms with Crippen LogP contribution in [0.15, 0.2) is 24.3 Å². The van der Waals surface area contributed by atoms with Gasteiger partial charge in [0.15, 0.2) is 5.78 Å². The third-order valence-electron chi connectivity index (χ3n) is 3.49. The van der Waals surface area contributed by atoms with Crippen LogP contribution in [0.5, 0.6) is 5.75 Å². The first-order valence-electron chi connectivity index (χ1n) is 7.64. The van der Waals surface area contributed by atoms with Crippen LogP contribution in [0.1, 0.15) is 45.0 Å². The molecule has 2 rings (SSSR count). The minimum atomic E-state index is -0.185. The second-order valence-corrected chi connectivity index (χ2v) is 7.07. The van der Waals surface area contributed by atoms with Crippen LogP contribution >= 0.6 is 11.3 Å². The Morgan fingerprint density at radius 1 is 1.17 bits per heavy atom. The molecule has 0 saturated carbocycles. The van der Waals surface area contributed by atoms with Gasteiger partial charge in [-0.15, -0.1) is 11.3 Å². The summed E-state index contributed by atoms with van der Waals surface area (Å²) in [6.45, 7) is 5.64. The van der Waals surface area contributed by atoms with Crippen LogP contribution in [-0.2, 0) is 0 Å². The second kappa shape index (κ2) is 7.05. The lowest BCUT2D eigenvalue weighted by atomic mass is 10.0. The zero-order valence-electron chi connectivity index (χ0n) is 14.5. The standard InChI is InChI=1S/C18H22N2O3S/c1-10(2)23-13-8-6-12(7-9-13)15(21)14-11(3)16(24-17(14)19)18(22)20(4)5/h6-10H,19H2,1-5H3. The van der Waals surface area contributed by atoms with Crippen molar-refractivity contribution in [2.75, 3.05) is 19.8 Å². The zero-order valence-corrected chi connectivity index (χ0v) is 15.4. The highest BCUT2D eigenvalue weighted by atomic mass is 32.1. The second-order valence-electron chi connectivity index (χ2n) is 6.02. The van der Waals surface area contributed by atoms with Crippen LogP contribution in [0.4, 0.5) is 5.00 Å². The molecule has 0 aliphatic carbocycles. The van der Waals surface area contributed by atoms with Gasteiger partial charge >= 0.3 is 0 Å². The van der Waals surface area contributed by atoms with Gasteiger partial charge in [0.25, 0.3) is 5.91 Å². The van der Waals surface area contributed by atoms with Gasteiger partial charge in [0.1, 0.15) is 5.75 Å². The van der Waals surface area contributed by atoms with E-state index in [0.717, 1.165) is 11.3 Å². The predicted molar refractivity (Wildman–Crippen MR) is 97.1 cm³/mol. The third kappa shape index (κ3) is 3.59. The van der Waals surface area contributed by atoms with Crippen LogP contribution in [0.3, 0.4) is 0 Å². The quantitative estimate of drug-likeness (QED) is 0.843. The molecule has 2 aromatic rings. The van der Waals surface area contributed by atoms with E-state index in [2.05, 4.69) is 0 Å². The van der Waals surface area contributed by atoms with Gasteiger partial charge < -0.3 is 15.4 Å². The Morgan fingerprint density at radius 3 is 2.25 bits per heavy atom. The Bertz CT molecular complexity index is 761. The number of nitrogens with zero attached hydrogens (tertiary/aromatic N) is 1. The van der Waals surface area contributed by atoms with Crippen molar-refractivity contribution in [2.45, 2.75) is 26.9 Å². The molecule has 1 heterocycles. The molecular weight excluding hydrogens is 324 g/mol. The molecule has 5 nitrogen and oxygen atoms in total. The number of amides is 1. The summed E-state index contributed by atoms with van der Waals surface area (Å²) in [6, 6.07) is 6.95. The van der Waals surface area contributed by atoms with E-state index in [4.69, 9.17) is 10.5 Å². The Labute approximate surface area is 146 Å². The summed E-state index contributed by atoms with van der Waals surface area (Å²) in [5.74, 6) is 0.374. The Hall–Kier alpha value is -2.34. The molecule has 0 saturated heterocycles. The highest BCUT2D eigenvalue weighted by Gasteiger charge is 2.24. The number of ether oxygens (including phenoxy) is 1. The average molecular weight is 346 g/mol. The van der Waals surface area contributed by atoms with E-state index in [9.17, 15) is 9.59 Å². The van der Waals surface area contributed by atoms with E-state index in [0.29, 0.717) is 32.3 Å². The number of hydrogen-bond acceptors (Lipinski definition) is 5. The monoisotopic (exact) mass is 346 g/mol. The van der Waals surface area contributed by atoms with Crippen LogP contribution in [0.2, 0.25) is 0 Å². The molecule has 1 aromatic heterocycles. The number of nitrogens with two attached hydrogens (primary N) is 1. The lowest BCUT2D eigenvalue weighted by molar-refractivity contribution is 0.0831. The number of hydrogen-bond donors (Lipinski definition) is 1. The van der Waals surface area contributed by atoms with E-state index >= 15 is 0 Å². The van der Waals surface area contributed by atoms with Gasteiger partial charge in [-0.05, 0) is 50.6 Å². The number of carbonyl (C=O) groups excluding carboxylic acids is 2. The molecule has 0 aliphatic rings. The first-order valence-corrected chi connectivity index (χ1v) is 8.46. The number of carbonyl (C=O) groups is 2. The fourth-order valence-corrected chi connectivity index (χ4v) is 3.42.